The predicted molar refractivity (Wildman–Crippen MR) is 66.0 cm³/mol. The molecule has 0 bridgehead atoms. The molecular weight excluding hydrogens is 364 g/mol. The zero-order valence-electron chi connectivity index (χ0n) is 7.11. The predicted octanol–water partition coefficient (Wildman–Crippen LogP) is 4.25. The number of halogens is 3. The van der Waals surface area contributed by atoms with E-state index >= 15 is 0 Å². The molecule has 0 atom stereocenters. The van der Waals surface area contributed by atoms with Gasteiger partial charge in [-0.15, -0.1) is 0 Å². The van der Waals surface area contributed by atoms with Crippen LogP contribution in [0.4, 0.5) is 0 Å². The molecule has 1 aromatic rings. The van der Waals surface area contributed by atoms with Crippen molar-refractivity contribution in [2.45, 2.75) is 10.7 Å². The first-order chi connectivity index (χ1) is 6.22. The average Bonchev–Trinajstić information content (AvgIpc) is 2.17. The summed E-state index contributed by atoms with van der Waals surface area (Å²) >= 11 is 10.3. The minimum absolute atomic E-state index is 0.845. The summed E-state index contributed by atoms with van der Waals surface area (Å²) in [5.74, 6) is 0.874. The molecule has 0 aliphatic rings. The molecule has 4 heteroatoms. The summed E-state index contributed by atoms with van der Waals surface area (Å²) in [6, 6.07) is 4.11. The van der Waals surface area contributed by atoms with Crippen molar-refractivity contribution in [3.8, 4) is 5.75 Å². The van der Waals surface area contributed by atoms with Gasteiger partial charge >= 0.3 is 0 Å². The van der Waals surface area contributed by atoms with Gasteiger partial charge in [0.25, 0.3) is 0 Å². The fourth-order valence-electron chi connectivity index (χ4n) is 1.04. The van der Waals surface area contributed by atoms with Crippen molar-refractivity contribution < 1.29 is 4.74 Å². The first-order valence-electron chi connectivity index (χ1n) is 3.70. The van der Waals surface area contributed by atoms with Crippen molar-refractivity contribution in [3.63, 3.8) is 0 Å². The molecule has 13 heavy (non-hydrogen) atoms. The van der Waals surface area contributed by atoms with Crippen LogP contribution in [0.2, 0.25) is 0 Å². The molecule has 0 saturated heterocycles. The van der Waals surface area contributed by atoms with E-state index < -0.39 is 0 Å². The van der Waals surface area contributed by atoms with Crippen LogP contribution in [0.25, 0.3) is 0 Å². The van der Waals surface area contributed by atoms with Gasteiger partial charge in [0.2, 0.25) is 0 Å². The van der Waals surface area contributed by atoms with Crippen LogP contribution in [-0.4, -0.2) is 7.11 Å². The van der Waals surface area contributed by atoms with Gasteiger partial charge in [-0.25, -0.2) is 0 Å². The topological polar surface area (TPSA) is 9.23 Å². The lowest BCUT2D eigenvalue weighted by Gasteiger charge is -2.09. The molecule has 1 nitrogen and oxygen atoms in total. The monoisotopic (exact) mass is 370 g/mol. The zero-order valence-corrected chi connectivity index (χ0v) is 11.9. The smallest absolute Gasteiger partial charge is 0.133 e. The van der Waals surface area contributed by atoms with E-state index in [0.717, 1.165) is 20.9 Å². The van der Waals surface area contributed by atoms with E-state index in [4.69, 9.17) is 4.74 Å². The van der Waals surface area contributed by atoms with Crippen molar-refractivity contribution in [2.24, 2.45) is 0 Å². The number of rotatable bonds is 3. The highest BCUT2D eigenvalue weighted by Crippen LogP contribution is 2.30. The number of benzene rings is 1. The standard InChI is InChI=1S/C9H9Br3O/c1-13-9-3-7(5-11)6(4-10)2-8(9)12/h2-3H,4-5H2,1H3. The van der Waals surface area contributed by atoms with E-state index in [2.05, 4.69) is 53.9 Å². The van der Waals surface area contributed by atoms with Gasteiger partial charge in [-0.1, -0.05) is 31.9 Å². The molecule has 0 saturated carbocycles. The number of hydrogen-bond acceptors (Lipinski definition) is 1. The minimum Gasteiger partial charge on any atom is -0.496 e. The Morgan fingerprint density at radius 2 is 1.69 bits per heavy atom. The largest absolute Gasteiger partial charge is 0.496 e. The fourth-order valence-corrected chi connectivity index (χ4v) is 2.64. The van der Waals surface area contributed by atoms with Crippen LogP contribution in [0, 0.1) is 0 Å². The lowest BCUT2D eigenvalue weighted by molar-refractivity contribution is 0.411. The quantitative estimate of drug-likeness (QED) is 0.721. The number of hydrogen-bond donors (Lipinski definition) is 0. The van der Waals surface area contributed by atoms with Crippen molar-refractivity contribution in [3.05, 3.63) is 27.7 Å². The number of alkyl halides is 2. The maximum atomic E-state index is 5.20. The van der Waals surface area contributed by atoms with Crippen LogP contribution < -0.4 is 4.74 Å². The first kappa shape index (κ1) is 11.5. The van der Waals surface area contributed by atoms with E-state index in [1.807, 2.05) is 6.07 Å². The maximum Gasteiger partial charge on any atom is 0.133 e. The summed E-state index contributed by atoms with van der Waals surface area (Å²) < 4.78 is 6.20. The Morgan fingerprint density at radius 1 is 1.15 bits per heavy atom. The molecule has 0 spiro atoms. The van der Waals surface area contributed by atoms with Gasteiger partial charge < -0.3 is 4.74 Å². The SMILES string of the molecule is COc1cc(CBr)c(CBr)cc1Br. The molecule has 0 unspecified atom stereocenters. The molecule has 0 aliphatic carbocycles. The lowest BCUT2D eigenvalue weighted by Crippen LogP contribution is -1.92. The Kier molecular flexibility index (Phi) is 4.76. The molecule has 0 heterocycles. The van der Waals surface area contributed by atoms with E-state index in [1.165, 1.54) is 11.1 Å². The third kappa shape index (κ3) is 2.70. The highest BCUT2D eigenvalue weighted by atomic mass is 79.9. The van der Waals surface area contributed by atoms with Gasteiger partial charge in [-0.3, -0.25) is 0 Å². The fraction of sp³-hybridized carbons (Fsp3) is 0.333. The van der Waals surface area contributed by atoms with Gasteiger partial charge in [0.15, 0.2) is 0 Å². The van der Waals surface area contributed by atoms with Crippen LogP contribution in [0.3, 0.4) is 0 Å². The van der Waals surface area contributed by atoms with Gasteiger partial charge in [0, 0.05) is 10.7 Å². The molecule has 0 aliphatic heterocycles. The van der Waals surface area contributed by atoms with Gasteiger partial charge in [-0.2, -0.15) is 0 Å². The Bertz CT molecular complexity index is 299. The third-order valence-electron chi connectivity index (χ3n) is 1.76. The summed E-state index contributed by atoms with van der Waals surface area (Å²) in [7, 11) is 1.67. The summed E-state index contributed by atoms with van der Waals surface area (Å²) in [6.07, 6.45) is 0. The summed E-state index contributed by atoms with van der Waals surface area (Å²) in [6.45, 7) is 0. The minimum atomic E-state index is 0.845. The highest BCUT2D eigenvalue weighted by Gasteiger charge is 2.06. The molecular formula is C9H9Br3O. The molecule has 0 fully saturated rings. The van der Waals surface area contributed by atoms with Gasteiger partial charge in [0.05, 0.1) is 11.6 Å². The highest BCUT2D eigenvalue weighted by molar-refractivity contribution is 9.10. The second-order valence-electron chi connectivity index (χ2n) is 2.52. The van der Waals surface area contributed by atoms with Crippen molar-refractivity contribution in [1.82, 2.24) is 0 Å². The molecule has 0 amide bonds. The Hall–Kier alpha value is 0.460. The molecule has 1 aromatic carbocycles. The second-order valence-corrected chi connectivity index (χ2v) is 4.50. The van der Waals surface area contributed by atoms with Crippen LogP contribution in [-0.2, 0) is 10.7 Å². The number of methoxy groups -OCH3 is 1. The van der Waals surface area contributed by atoms with Crippen LogP contribution in [0.5, 0.6) is 5.75 Å². The molecule has 72 valence electrons. The van der Waals surface area contributed by atoms with Crippen molar-refractivity contribution in [1.29, 1.82) is 0 Å². The van der Waals surface area contributed by atoms with E-state index in [0.29, 0.717) is 0 Å². The summed E-state index contributed by atoms with van der Waals surface area (Å²) in [5.41, 5.74) is 2.52. The maximum absolute atomic E-state index is 5.20. The van der Waals surface area contributed by atoms with Crippen LogP contribution in [0.1, 0.15) is 11.1 Å². The third-order valence-corrected chi connectivity index (χ3v) is 3.59. The van der Waals surface area contributed by atoms with Crippen LogP contribution in [0.15, 0.2) is 16.6 Å². The van der Waals surface area contributed by atoms with E-state index in [1.54, 1.807) is 7.11 Å². The second kappa shape index (κ2) is 5.37. The van der Waals surface area contributed by atoms with Gasteiger partial charge in [0.1, 0.15) is 5.75 Å². The summed E-state index contributed by atoms with van der Waals surface area (Å²) in [4.78, 5) is 0. The molecule has 1 rings (SSSR count). The Balaban J connectivity index is 3.18. The lowest BCUT2D eigenvalue weighted by atomic mass is 10.1. The average molecular weight is 373 g/mol. The van der Waals surface area contributed by atoms with Crippen molar-refractivity contribution >= 4 is 47.8 Å². The number of ether oxygens (including phenoxy) is 1. The zero-order chi connectivity index (χ0) is 9.84. The molecule has 0 aromatic heterocycles. The van der Waals surface area contributed by atoms with Crippen molar-refractivity contribution in [2.75, 3.05) is 7.11 Å². The summed E-state index contributed by atoms with van der Waals surface area (Å²) in [5, 5.41) is 1.70. The Morgan fingerprint density at radius 3 is 2.15 bits per heavy atom. The van der Waals surface area contributed by atoms with E-state index in [-0.39, 0.29) is 0 Å². The molecule has 0 N–H and O–H groups in total. The first-order valence-corrected chi connectivity index (χ1v) is 6.73. The van der Waals surface area contributed by atoms with Gasteiger partial charge in [-0.05, 0) is 39.2 Å². The Labute approximate surface area is 103 Å². The van der Waals surface area contributed by atoms with Crippen LogP contribution >= 0.6 is 47.8 Å². The van der Waals surface area contributed by atoms with E-state index in [9.17, 15) is 0 Å². The molecule has 0 radical (unpaired) electrons. The normalized spacial score (nSPS) is 10.2.